The van der Waals surface area contributed by atoms with Gasteiger partial charge in [-0.15, -0.1) is 0 Å². The third-order valence-corrected chi connectivity index (χ3v) is 4.17. The van der Waals surface area contributed by atoms with Crippen molar-refractivity contribution >= 4 is 21.7 Å². The topological polar surface area (TPSA) is 43.1 Å². The van der Waals surface area contributed by atoms with Crippen molar-refractivity contribution in [2.24, 2.45) is 0 Å². The van der Waals surface area contributed by atoms with Crippen molar-refractivity contribution in [3.63, 3.8) is 0 Å². The second-order valence-electron chi connectivity index (χ2n) is 5.25. The van der Waals surface area contributed by atoms with Gasteiger partial charge in [0.25, 0.3) is 6.33 Å². The highest BCUT2D eigenvalue weighted by atomic mass is 79.9. The van der Waals surface area contributed by atoms with Gasteiger partial charge in [-0.3, -0.25) is 4.79 Å². The molecule has 1 heterocycles. The molecule has 0 amide bonds. The van der Waals surface area contributed by atoms with Crippen LogP contribution in [0.3, 0.4) is 0 Å². The van der Waals surface area contributed by atoms with Crippen LogP contribution in [-0.4, -0.2) is 17.9 Å². The smallest absolute Gasteiger partial charge is 0.287 e. The molecule has 2 aromatic carbocycles. The van der Waals surface area contributed by atoms with Crippen molar-refractivity contribution in [3.8, 4) is 17.0 Å². The second-order valence-corrected chi connectivity index (χ2v) is 6.16. The Kier molecular flexibility index (Phi) is 5.01. The first kappa shape index (κ1) is 16.3. The van der Waals surface area contributed by atoms with Crippen LogP contribution < -0.4 is 9.30 Å². The number of rotatable bonds is 5. The van der Waals surface area contributed by atoms with Gasteiger partial charge in [0.05, 0.1) is 18.9 Å². The molecule has 0 radical (unpaired) electrons. The molecule has 0 unspecified atom stereocenters. The number of ether oxygens (including phenoxy) is 1. The lowest BCUT2D eigenvalue weighted by molar-refractivity contribution is -0.686. The fraction of sp³-hybridized carbons (Fsp3) is 0.105. The SMILES string of the molecule is COc1ccccc1-c1cc[n+](CC(=O)c2ccc(Br)cc2)cn1. The third-order valence-electron chi connectivity index (χ3n) is 3.64. The van der Waals surface area contributed by atoms with Crippen molar-refractivity contribution in [3.05, 3.63) is 77.2 Å². The Balaban J connectivity index is 1.77. The van der Waals surface area contributed by atoms with Gasteiger partial charge < -0.3 is 4.74 Å². The van der Waals surface area contributed by atoms with E-state index in [-0.39, 0.29) is 12.3 Å². The molecule has 3 aromatic rings. The van der Waals surface area contributed by atoms with Crippen LogP contribution in [0.2, 0.25) is 0 Å². The van der Waals surface area contributed by atoms with E-state index in [0.29, 0.717) is 5.56 Å². The minimum atomic E-state index is 0.0411. The van der Waals surface area contributed by atoms with Gasteiger partial charge in [0.15, 0.2) is 12.2 Å². The fourth-order valence-corrected chi connectivity index (χ4v) is 2.65. The van der Waals surface area contributed by atoms with Crippen LogP contribution in [0.5, 0.6) is 5.75 Å². The minimum absolute atomic E-state index is 0.0411. The number of benzene rings is 2. The van der Waals surface area contributed by atoms with E-state index < -0.39 is 0 Å². The molecule has 3 rings (SSSR count). The summed E-state index contributed by atoms with van der Waals surface area (Å²) in [4.78, 5) is 16.7. The molecule has 0 spiro atoms. The number of hydrogen-bond donors (Lipinski definition) is 0. The van der Waals surface area contributed by atoms with Gasteiger partial charge in [0.2, 0.25) is 5.78 Å². The zero-order chi connectivity index (χ0) is 16.9. The number of para-hydroxylation sites is 1. The van der Waals surface area contributed by atoms with Gasteiger partial charge in [-0.2, -0.15) is 0 Å². The Labute approximate surface area is 148 Å². The Morgan fingerprint density at radius 2 is 1.88 bits per heavy atom. The predicted octanol–water partition coefficient (Wildman–Crippen LogP) is 3.69. The van der Waals surface area contributed by atoms with Crippen LogP contribution in [0.1, 0.15) is 10.4 Å². The maximum atomic E-state index is 12.3. The molecule has 24 heavy (non-hydrogen) atoms. The van der Waals surface area contributed by atoms with Crippen LogP contribution in [0, 0.1) is 0 Å². The lowest BCUT2D eigenvalue weighted by Gasteiger charge is -2.05. The van der Waals surface area contributed by atoms with E-state index in [1.165, 1.54) is 0 Å². The molecule has 1 aromatic heterocycles. The summed E-state index contributed by atoms with van der Waals surface area (Å²) >= 11 is 3.37. The van der Waals surface area contributed by atoms with E-state index in [9.17, 15) is 4.79 Å². The van der Waals surface area contributed by atoms with Crippen LogP contribution in [0.4, 0.5) is 0 Å². The van der Waals surface area contributed by atoms with Gasteiger partial charge in [-0.05, 0) is 29.2 Å². The van der Waals surface area contributed by atoms with Crippen LogP contribution in [-0.2, 0) is 6.54 Å². The zero-order valence-electron chi connectivity index (χ0n) is 13.1. The number of Topliss-reactive ketones (excluding diaryl/α,β-unsaturated/α-hetero) is 1. The number of halogens is 1. The lowest BCUT2D eigenvalue weighted by atomic mass is 10.1. The summed E-state index contributed by atoms with van der Waals surface area (Å²) in [5.41, 5.74) is 2.41. The number of methoxy groups -OCH3 is 1. The number of hydrogen-bond acceptors (Lipinski definition) is 3. The summed E-state index contributed by atoms with van der Waals surface area (Å²) < 4.78 is 8.08. The maximum Gasteiger partial charge on any atom is 0.287 e. The molecule has 4 nitrogen and oxygen atoms in total. The number of ketones is 1. The first-order valence-corrected chi connectivity index (χ1v) is 8.24. The van der Waals surface area contributed by atoms with Crippen LogP contribution in [0.25, 0.3) is 11.3 Å². The Hall–Kier alpha value is -2.53. The lowest BCUT2D eigenvalue weighted by Crippen LogP contribution is -2.37. The van der Waals surface area contributed by atoms with Gasteiger partial charge in [-0.1, -0.05) is 40.2 Å². The minimum Gasteiger partial charge on any atom is -0.496 e. The normalized spacial score (nSPS) is 10.4. The van der Waals surface area contributed by atoms with Gasteiger partial charge in [0.1, 0.15) is 5.75 Å². The van der Waals surface area contributed by atoms with Crippen molar-refractivity contribution in [1.29, 1.82) is 0 Å². The van der Waals surface area contributed by atoms with Crippen molar-refractivity contribution in [1.82, 2.24) is 4.98 Å². The van der Waals surface area contributed by atoms with E-state index in [0.717, 1.165) is 21.5 Å². The number of nitrogens with zero attached hydrogens (tertiary/aromatic N) is 2. The summed E-state index contributed by atoms with van der Waals surface area (Å²) in [6.45, 7) is 0.251. The van der Waals surface area contributed by atoms with Gasteiger partial charge >= 0.3 is 0 Å². The van der Waals surface area contributed by atoms with Crippen molar-refractivity contribution < 1.29 is 14.1 Å². The molecule has 0 atom stereocenters. The Morgan fingerprint density at radius 1 is 1.12 bits per heavy atom. The highest BCUT2D eigenvalue weighted by molar-refractivity contribution is 9.10. The quantitative estimate of drug-likeness (QED) is 0.498. The van der Waals surface area contributed by atoms with E-state index in [1.54, 1.807) is 18.0 Å². The molecule has 0 saturated heterocycles. The predicted molar refractivity (Wildman–Crippen MR) is 94.9 cm³/mol. The van der Waals surface area contributed by atoms with E-state index >= 15 is 0 Å². The first-order valence-electron chi connectivity index (χ1n) is 7.44. The van der Waals surface area contributed by atoms with Crippen molar-refractivity contribution in [2.75, 3.05) is 7.11 Å². The van der Waals surface area contributed by atoms with Crippen LogP contribution in [0.15, 0.2) is 71.6 Å². The molecular weight excluding hydrogens is 368 g/mol. The monoisotopic (exact) mass is 383 g/mol. The largest absolute Gasteiger partial charge is 0.496 e. The van der Waals surface area contributed by atoms with E-state index in [1.807, 2.05) is 60.8 Å². The summed E-state index contributed by atoms with van der Waals surface area (Å²) in [5, 5.41) is 0. The standard InChI is InChI=1S/C19H16BrN2O2/c1-24-19-5-3-2-4-16(19)17-10-11-22(13-21-17)12-18(23)14-6-8-15(20)9-7-14/h2-11,13H,12H2,1H3/q+1. The summed E-state index contributed by atoms with van der Waals surface area (Å²) in [6.07, 6.45) is 3.52. The highest BCUT2D eigenvalue weighted by Crippen LogP contribution is 2.26. The number of aromatic nitrogens is 2. The summed E-state index contributed by atoms with van der Waals surface area (Å²) in [6, 6.07) is 16.9. The van der Waals surface area contributed by atoms with Crippen LogP contribution >= 0.6 is 15.9 Å². The number of carbonyl (C=O) groups is 1. The highest BCUT2D eigenvalue weighted by Gasteiger charge is 2.14. The summed E-state index contributed by atoms with van der Waals surface area (Å²) in [7, 11) is 1.64. The molecular formula is C19H16BrN2O2+. The second kappa shape index (κ2) is 7.36. The molecule has 0 bridgehead atoms. The molecule has 120 valence electrons. The maximum absolute atomic E-state index is 12.3. The first-order chi connectivity index (χ1) is 11.7. The molecule has 0 aliphatic heterocycles. The Morgan fingerprint density at radius 3 is 2.54 bits per heavy atom. The van der Waals surface area contributed by atoms with E-state index in [4.69, 9.17) is 4.74 Å². The average molecular weight is 384 g/mol. The fourth-order valence-electron chi connectivity index (χ4n) is 2.39. The number of carbonyl (C=O) groups excluding carboxylic acids is 1. The van der Waals surface area contributed by atoms with Crippen molar-refractivity contribution in [2.45, 2.75) is 6.54 Å². The molecule has 0 fully saturated rings. The summed E-state index contributed by atoms with van der Waals surface area (Å²) in [5.74, 6) is 0.813. The Bertz CT molecular complexity index is 846. The molecule has 0 saturated carbocycles. The zero-order valence-corrected chi connectivity index (χ0v) is 14.7. The molecule has 0 aliphatic carbocycles. The molecule has 5 heteroatoms. The van der Waals surface area contributed by atoms with Gasteiger partial charge in [0, 0.05) is 16.1 Å². The average Bonchev–Trinajstić information content (AvgIpc) is 2.63. The van der Waals surface area contributed by atoms with E-state index in [2.05, 4.69) is 20.9 Å². The van der Waals surface area contributed by atoms with Gasteiger partial charge in [-0.25, -0.2) is 4.57 Å². The molecule has 0 aliphatic rings. The third kappa shape index (κ3) is 3.68. The molecule has 0 N–H and O–H groups in total.